The van der Waals surface area contributed by atoms with E-state index in [0.717, 1.165) is 24.2 Å². The number of methoxy groups -OCH3 is 1. The lowest BCUT2D eigenvalue weighted by Crippen LogP contribution is -2.53. The maximum atomic E-state index is 11.7. The van der Waals surface area contributed by atoms with Crippen molar-refractivity contribution in [3.05, 3.63) is 0 Å². The molecule has 8 nitrogen and oxygen atoms in total. The van der Waals surface area contributed by atoms with Gasteiger partial charge in [-0.15, -0.1) is 0 Å². The summed E-state index contributed by atoms with van der Waals surface area (Å²) in [4.78, 5) is 33.6. The molecular weight excluding hydrogens is 256 g/mol. The Balaban J connectivity index is 2.51. The first-order chi connectivity index (χ1) is 8.88. The zero-order valence-corrected chi connectivity index (χ0v) is 10.7. The first-order valence-corrected chi connectivity index (χ1v) is 5.90. The number of carbonyl (C=O) groups excluding carboxylic acids is 1. The number of ether oxygens (including phenoxy) is 1. The van der Waals surface area contributed by atoms with Gasteiger partial charge < -0.3 is 25.2 Å². The molecular formula is C11H18N2O6. The van der Waals surface area contributed by atoms with E-state index < -0.39 is 36.7 Å². The second-order valence-corrected chi connectivity index (χ2v) is 4.54. The average molecular weight is 274 g/mol. The van der Waals surface area contributed by atoms with Crippen molar-refractivity contribution < 1.29 is 29.3 Å². The van der Waals surface area contributed by atoms with Crippen LogP contribution in [-0.2, 0) is 14.3 Å². The van der Waals surface area contributed by atoms with Gasteiger partial charge in [0.25, 0.3) is 0 Å². The van der Waals surface area contributed by atoms with E-state index in [-0.39, 0.29) is 6.54 Å². The third-order valence-corrected chi connectivity index (χ3v) is 3.20. The van der Waals surface area contributed by atoms with Crippen LogP contribution in [0.25, 0.3) is 0 Å². The molecule has 0 spiro atoms. The van der Waals surface area contributed by atoms with Gasteiger partial charge in [-0.3, -0.25) is 9.59 Å². The van der Waals surface area contributed by atoms with E-state index >= 15 is 0 Å². The largest absolute Gasteiger partial charge is 0.480 e. The highest BCUT2D eigenvalue weighted by atomic mass is 16.5. The number of carbonyl (C=O) groups is 3. The quantitative estimate of drug-likeness (QED) is 0.588. The lowest BCUT2D eigenvalue weighted by Gasteiger charge is -2.40. The number of hydrogen-bond acceptors (Lipinski definition) is 4. The molecule has 1 aliphatic carbocycles. The van der Waals surface area contributed by atoms with Crippen LogP contribution in [0.2, 0.25) is 0 Å². The number of urea groups is 1. The van der Waals surface area contributed by atoms with Crippen LogP contribution in [0, 0.1) is 0 Å². The van der Waals surface area contributed by atoms with Crippen LogP contribution in [-0.4, -0.2) is 65.4 Å². The van der Waals surface area contributed by atoms with Gasteiger partial charge in [0.15, 0.2) is 0 Å². The smallest absolute Gasteiger partial charge is 0.323 e. The lowest BCUT2D eigenvalue weighted by atomic mass is 9.80. The summed E-state index contributed by atoms with van der Waals surface area (Å²) in [5.41, 5.74) is -0.395. The van der Waals surface area contributed by atoms with E-state index in [1.807, 2.05) is 0 Å². The normalized spacial score (nSPS) is 16.3. The van der Waals surface area contributed by atoms with Crippen molar-refractivity contribution in [3.63, 3.8) is 0 Å². The molecule has 1 fully saturated rings. The Hall–Kier alpha value is -1.83. The van der Waals surface area contributed by atoms with Crippen LogP contribution in [0.15, 0.2) is 0 Å². The number of amides is 2. The van der Waals surface area contributed by atoms with Crippen molar-refractivity contribution in [3.8, 4) is 0 Å². The van der Waals surface area contributed by atoms with E-state index in [2.05, 4.69) is 5.32 Å². The molecule has 108 valence electrons. The lowest BCUT2D eigenvalue weighted by molar-refractivity contribution is -0.140. The highest BCUT2D eigenvalue weighted by molar-refractivity contribution is 5.84. The van der Waals surface area contributed by atoms with Crippen LogP contribution < -0.4 is 5.32 Å². The van der Waals surface area contributed by atoms with Crippen molar-refractivity contribution in [1.82, 2.24) is 10.2 Å². The second-order valence-electron chi connectivity index (χ2n) is 4.54. The fourth-order valence-electron chi connectivity index (χ4n) is 1.90. The van der Waals surface area contributed by atoms with Gasteiger partial charge in [-0.1, -0.05) is 0 Å². The van der Waals surface area contributed by atoms with Crippen molar-refractivity contribution in [1.29, 1.82) is 0 Å². The number of nitrogens with one attached hydrogen (secondary N) is 1. The van der Waals surface area contributed by atoms with Crippen molar-refractivity contribution in [2.75, 3.05) is 26.7 Å². The Labute approximate surface area is 110 Å². The molecule has 3 N–H and O–H groups in total. The maximum Gasteiger partial charge on any atom is 0.323 e. The molecule has 2 amide bonds. The summed E-state index contributed by atoms with van der Waals surface area (Å²) in [6.45, 7) is -1.06. The van der Waals surface area contributed by atoms with Gasteiger partial charge in [0.1, 0.15) is 13.1 Å². The molecule has 0 radical (unpaired) electrons. The average Bonchev–Trinajstić information content (AvgIpc) is 2.25. The topological polar surface area (TPSA) is 116 Å². The monoisotopic (exact) mass is 274 g/mol. The van der Waals surface area contributed by atoms with Gasteiger partial charge in [0.2, 0.25) is 0 Å². The van der Waals surface area contributed by atoms with E-state index in [0.29, 0.717) is 0 Å². The second kappa shape index (κ2) is 6.37. The summed E-state index contributed by atoms with van der Waals surface area (Å²) < 4.78 is 5.30. The van der Waals surface area contributed by atoms with Crippen LogP contribution >= 0.6 is 0 Å². The fraction of sp³-hybridized carbons (Fsp3) is 0.727. The zero-order valence-electron chi connectivity index (χ0n) is 10.7. The minimum Gasteiger partial charge on any atom is -0.480 e. The van der Waals surface area contributed by atoms with Gasteiger partial charge >= 0.3 is 18.0 Å². The van der Waals surface area contributed by atoms with Gasteiger partial charge in [0.05, 0.1) is 5.60 Å². The molecule has 1 aliphatic rings. The van der Waals surface area contributed by atoms with Gasteiger partial charge in [-0.2, -0.15) is 0 Å². The zero-order chi connectivity index (χ0) is 14.5. The molecule has 0 aromatic heterocycles. The number of carboxylic acid groups (broad SMARTS) is 2. The molecule has 0 aliphatic heterocycles. The molecule has 0 bridgehead atoms. The highest BCUT2D eigenvalue weighted by Gasteiger charge is 2.37. The molecule has 8 heteroatoms. The van der Waals surface area contributed by atoms with E-state index in [9.17, 15) is 14.4 Å². The summed E-state index contributed by atoms with van der Waals surface area (Å²) >= 11 is 0. The Morgan fingerprint density at radius 1 is 1.21 bits per heavy atom. The Morgan fingerprint density at radius 2 is 1.74 bits per heavy atom. The molecule has 0 aromatic rings. The summed E-state index contributed by atoms with van der Waals surface area (Å²) in [6.07, 6.45) is 2.65. The number of aliphatic carboxylic acids is 2. The Bertz CT molecular complexity index is 345. The highest BCUT2D eigenvalue weighted by Crippen LogP contribution is 2.34. The summed E-state index contributed by atoms with van der Waals surface area (Å²) in [5.74, 6) is -2.53. The standard InChI is InChI=1S/C11H18N2O6/c1-19-11(3-2-4-11)7-12-10(18)13(5-8(14)15)6-9(16)17/h2-7H2,1H3,(H,12,18)(H,14,15)(H,16,17). The van der Waals surface area contributed by atoms with Crippen molar-refractivity contribution in [2.45, 2.75) is 24.9 Å². The van der Waals surface area contributed by atoms with E-state index in [4.69, 9.17) is 14.9 Å². The molecule has 0 aromatic carbocycles. The molecule has 0 heterocycles. The molecule has 1 rings (SSSR count). The molecule has 0 unspecified atom stereocenters. The minimum atomic E-state index is -1.26. The number of nitrogens with zero attached hydrogens (tertiary/aromatic N) is 1. The Morgan fingerprint density at radius 3 is 2.05 bits per heavy atom. The van der Waals surface area contributed by atoms with Crippen LogP contribution in [0.3, 0.4) is 0 Å². The van der Waals surface area contributed by atoms with E-state index in [1.54, 1.807) is 7.11 Å². The maximum absolute atomic E-state index is 11.7. The molecule has 1 saturated carbocycles. The van der Waals surface area contributed by atoms with Crippen molar-refractivity contribution >= 4 is 18.0 Å². The number of hydrogen-bond donors (Lipinski definition) is 3. The minimum absolute atomic E-state index is 0.248. The third kappa shape index (κ3) is 4.40. The van der Waals surface area contributed by atoms with Crippen LogP contribution in [0.5, 0.6) is 0 Å². The predicted molar refractivity (Wildman–Crippen MR) is 63.8 cm³/mol. The number of carboxylic acids is 2. The summed E-state index contributed by atoms with van der Waals surface area (Å²) in [7, 11) is 1.55. The molecule has 0 atom stereocenters. The third-order valence-electron chi connectivity index (χ3n) is 3.20. The predicted octanol–water partition coefficient (Wildman–Crippen LogP) is -0.264. The van der Waals surface area contributed by atoms with Gasteiger partial charge in [-0.05, 0) is 19.3 Å². The van der Waals surface area contributed by atoms with Crippen LogP contribution in [0.1, 0.15) is 19.3 Å². The number of rotatable bonds is 7. The Kier molecular flexibility index (Phi) is 5.11. The van der Waals surface area contributed by atoms with Gasteiger partial charge in [-0.25, -0.2) is 4.79 Å². The van der Waals surface area contributed by atoms with Crippen molar-refractivity contribution in [2.24, 2.45) is 0 Å². The summed E-state index contributed by atoms with van der Waals surface area (Å²) in [5, 5.41) is 19.8. The van der Waals surface area contributed by atoms with Gasteiger partial charge in [0, 0.05) is 13.7 Å². The SMILES string of the molecule is COC1(CNC(=O)N(CC(=O)O)CC(=O)O)CCC1. The van der Waals surface area contributed by atoms with E-state index in [1.165, 1.54) is 0 Å². The first kappa shape index (κ1) is 15.2. The molecule has 0 saturated heterocycles. The molecule has 19 heavy (non-hydrogen) atoms. The summed E-state index contributed by atoms with van der Waals surface area (Å²) in [6, 6.07) is -0.715. The fourth-order valence-corrected chi connectivity index (χ4v) is 1.90. The van der Waals surface area contributed by atoms with Crippen LogP contribution in [0.4, 0.5) is 4.79 Å². The first-order valence-electron chi connectivity index (χ1n) is 5.90.